The molecule has 0 saturated carbocycles. The monoisotopic (exact) mass is 335 g/mol. The molecule has 25 heavy (non-hydrogen) atoms. The first-order valence-electron chi connectivity index (χ1n) is 7.71. The van der Waals surface area contributed by atoms with Crippen molar-refractivity contribution in [2.24, 2.45) is 0 Å². The van der Waals surface area contributed by atoms with E-state index in [1.54, 1.807) is 12.1 Å². The molecule has 0 atom stereocenters. The number of nitro groups is 1. The average Bonchev–Trinajstić information content (AvgIpc) is 3.29. The predicted molar refractivity (Wildman–Crippen MR) is 89.8 cm³/mol. The summed E-state index contributed by atoms with van der Waals surface area (Å²) in [5.74, 6) is -0.318. The Hall–Kier alpha value is -3.55. The molecule has 124 valence electrons. The Bertz CT molecular complexity index is 967. The van der Waals surface area contributed by atoms with Gasteiger partial charge in [-0.3, -0.25) is 14.9 Å². The first-order chi connectivity index (χ1) is 12.1. The quantitative estimate of drug-likeness (QED) is 0.541. The topological polar surface area (TPSA) is 94.2 Å². The van der Waals surface area contributed by atoms with E-state index in [9.17, 15) is 14.9 Å². The van der Waals surface area contributed by atoms with Crippen molar-refractivity contribution in [3.63, 3.8) is 0 Å². The number of rotatable bonds is 3. The summed E-state index contributed by atoms with van der Waals surface area (Å²) in [6.45, 7) is 0.386. The van der Waals surface area contributed by atoms with Crippen LogP contribution in [0.25, 0.3) is 5.69 Å². The van der Waals surface area contributed by atoms with Gasteiger partial charge in [0.25, 0.3) is 11.6 Å². The summed E-state index contributed by atoms with van der Waals surface area (Å²) >= 11 is 0. The van der Waals surface area contributed by atoms with Crippen molar-refractivity contribution in [3.8, 4) is 5.69 Å². The molecule has 1 aromatic heterocycles. The highest BCUT2D eigenvalue weighted by atomic mass is 16.6. The van der Waals surface area contributed by atoms with Crippen molar-refractivity contribution in [1.82, 2.24) is 15.0 Å². The number of carbonyl (C=O) groups is 1. The van der Waals surface area contributed by atoms with Crippen LogP contribution in [0.15, 0.2) is 54.7 Å². The smallest absolute Gasteiger partial charge is 0.280 e. The fraction of sp³-hybridized carbons (Fsp3) is 0.118. The zero-order valence-electron chi connectivity index (χ0n) is 13.1. The largest absolute Gasteiger partial charge is 0.306 e. The summed E-state index contributed by atoms with van der Waals surface area (Å²) < 4.78 is 0. The van der Waals surface area contributed by atoms with Crippen molar-refractivity contribution >= 4 is 17.3 Å². The lowest BCUT2D eigenvalue weighted by atomic mass is 10.1. The minimum Gasteiger partial charge on any atom is -0.306 e. The van der Waals surface area contributed by atoms with Gasteiger partial charge in [0.1, 0.15) is 0 Å². The Balaban J connectivity index is 1.65. The maximum atomic E-state index is 12.8. The van der Waals surface area contributed by atoms with Crippen molar-refractivity contribution in [1.29, 1.82) is 0 Å². The first kappa shape index (κ1) is 15.0. The molecule has 0 fully saturated rings. The van der Waals surface area contributed by atoms with Crippen LogP contribution < -0.4 is 4.90 Å². The minimum atomic E-state index is -0.418. The fourth-order valence-corrected chi connectivity index (χ4v) is 2.98. The lowest BCUT2D eigenvalue weighted by Gasteiger charge is -2.15. The normalized spacial score (nSPS) is 12.9. The Labute approximate surface area is 142 Å². The standard InChI is InChI=1S/C17H13N5O3/c23-17(14-11-18-21(19-14)12-5-2-1-3-6-12)20-10-9-13-15(20)7-4-8-16(13)22(24)25/h1-8,11H,9-10H2. The lowest BCUT2D eigenvalue weighted by molar-refractivity contribution is -0.385. The summed E-state index contributed by atoms with van der Waals surface area (Å²) in [4.78, 5) is 26.4. The molecular weight excluding hydrogens is 322 g/mol. The van der Waals surface area contributed by atoms with Crippen LogP contribution in [0.5, 0.6) is 0 Å². The summed E-state index contributed by atoms with van der Waals surface area (Å²) in [6.07, 6.45) is 1.86. The van der Waals surface area contributed by atoms with Crippen molar-refractivity contribution in [2.75, 3.05) is 11.4 Å². The molecule has 0 bridgehead atoms. The average molecular weight is 335 g/mol. The highest BCUT2D eigenvalue weighted by Gasteiger charge is 2.31. The molecule has 2 aromatic carbocycles. The van der Waals surface area contributed by atoms with E-state index in [-0.39, 0.29) is 17.3 Å². The number of nitro benzene ring substituents is 1. The van der Waals surface area contributed by atoms with Gasteiger partial charge >= 0.3 is 0 Å². The second kappa shape index (κ2) is 5.82. The number of hydrogen-bond acceptors (Lipinski definition) is 5. The van der Waals surface area contributed by atoms with E-state index in [0.717, 1.165) is 5.69 Å². The SMILES string of the molecule is O=C(c1cnn(-c2ccccc2)n1)N1CCc2c1cccc2[N+](=O)[O-]. The number of para-hydroxylation sites is 1. The van der Waals surface area contributed by atoms with E-state index in [4.69, 9.17) is 0 Å². The van der Waals surface area contributed by atoms with Crippen LogP contribution in [0.2, 0.25) is 0 Å². The molecule has 1 aliphatic rings. The van der Waals surface area contributed by atoms with Gasteiger partial charge in [-0.1, -0.05) is 24.3 Å². The molecule has 8 nitrogen and oxygen atoms in total. The van der Waals surface area contributed by atoms with Crippen LogP contribution in [0, 0.1) is 10.1 Å². The highest BCUT2D eigenvalue weighted by molar-refractivity contribution is 6.06. The predicted octanol–water partition coefficient (Wildman–Crippen LogP) is 2.38. The van der Waals surface area contributed by atoms with Gasteiger partial charge < -0.3 is 4.90 Å². The molecule has 0 radical (unpaired) electrons. The Kier molecular flexibility index (Phi) is 3.50. The van der Waals surface area contributed by atoms with E-state index in [2.05, 4.69) is 10.2 Å². The van der Waals surface area contributed by atoms with Crippen LogP contribution in [0.4, 0.5) is 11.4 Å². The molecular formula is C17H13N5O3. The van der Waals surface area contributed by atoms with Crippen LogP contribution in [0.1, 0.15) is 16.1 Å². The third-order valence-corrected chi connectivity index (χ3v) is 4.14. The van der Waals surface area contributed by atoms with Gasteiger partial charge in [0.05, 0.1) is 28.1 Å². The maximum absolute atomic E-state index is 12.8. The number of hydrogen-bond donors (Lipinski definition) is 0. The van der Waals surface area contributed by atoms with Crippen LogP contribution in [-0.2, 0) is 6.42 Å². The molecule has 0 saturated heterocycles. The van der Waals surface area contributed by atoms with Gasteiger partial charge in [0.2, 0.25) is 0 Å². The van der Waals surface area contributed by atoms with E-state index >= 15 is 0 Å². The second-order valence-corrected chi connectivity index (χ2v) is 5.59. The van der Waals surface area contributed by atoms with Gasteiger partial charge in [0, 0.05) is 12.6 Å². The Morgan fingerprint density at radius 3 is 2.68 bits per heavy atom. The molecule has 0 aliphatic carbocycles. The van der Waals surface area contributed by atoms with Gasteiger partial charge in [0.15, 0.2) is 5.69 Å². The van der Waals surface area contributed by atoms with Crippen LogP contribution in [0.3, 0.4) is 0 Å². The number of aromatic nitrogens is 3. The number of amides is 1. The van der Waals surface area contributed by atoms with E-state index < -0.39 is 4.92 Å². The molecule has 0 N–H and O–H groups in total. The summed E-state index contributed by atoms with van der Waals surface area (Å²) in [5, 5.41) is 19.5. The van der Waals surface area contributed by atoms with E-state index in [0.29, 0.717) is 24.2 Å². The molecule has 2 heterocycles. The number of nitrogens with zero attached hydrogens (tertiary/aromatic N) is 5. The van der Waals surface area contributed by atoms with Gasteiger partial charge in [-0.2, -0.15) is 9.90 Å². The summed E-state index contributed by atoms with van der Waals surface area (Å²) in [7, 11) is 0. The van der Waals surface area contributed by atoms with Crippen molar-refractivity contribution in [2.45, 2.75) is 6.42 Å². The summed E-state index contributed by atoms with van der Waals surface area (Å²) in [6, 6.07) is 14.0. The summed E-state index contributed by atoms with van der Waals surface area (Å²) in [5.41, 5.74) is 2.13. The number of anilines is 1. The zero-order valence-corrected chi connectivity index (χ0v) is 13.1. The van der Waals surface area contributed by atoms with Crippen molar-refractivity contribution < 1.29 is 9.72 Å². The molecule has 3 aromatic rings. The Morgan fingerprint density at radius 1 is 1.12 bits per heavy atom. The van der Waals surface area contributed by atoms with Crippen LogP contribution in [-0.4, -0.2) is 32.4 Å². The van der Waals surface area contributed by atoms with Gasteiger partial charge in [-0.15, -0.1) is 5.10 Å². The lowest BCUT2D eigenvalue weighted by Crippen LogP contribution is -2.29. The van der Waals surface area contributed by atoms with Crippen molar-refractivity contribution in [3.05, 3.63) is 76.1 Å². The molecule has 4 rings (SSSR count). The fourth-order valence-electron chi connectivity index (χ4n) is 2.98. The molecule has 8 heteroatoms. The number of fused-ring (bicyclic) bond motifs is 1. The van der Waals surface area contributed by atoms with Gasteiger partial charge in [-0.05, 0) is 24.6 Å². The minimum absolute atomic E-state index is 0.0424. The second-order valence-electron chi connectivity index (χ2n) is 5.59. The third kappa shape index (κ3) is 2.53. The maximum Gasteiger partial charge on any atom is 0.280 e. The first-order valence-corrected chi connectivity index (χ1v) is 7.71. The molecule has 1 amide bonds. The third-order valence-electron chi connectivity index (χ3n) is 4.14. The zero-order chi connectivity index (χ0) is 17.4. The highest BCUT2D eigenvalue weighted by Crippen LogP contribution is 2.35. The molecule has 0 unspecified atom stereocenters. The van der Waals surface area contributed by atoms with Crippen LogP contribution >= 0.6 is 0 Å². The van der Waals surface area contributed by atoms with E-state index in [1.165, 1.54) is 22.0 Å². The Morgan fingerprint density at radius 2 is 1.92 bits per heavy atom. The number of benzene rings is 2. The number of carbonyl (C=O) groups excluding carboxylic acids is 1. The van der Waals surface area contributed by atoms with Gasteiger partial charge in [-0.25, -0.2) is 0 Å². The van der Waals surface area contributed by atoms with E-state index in [1.807, 2.05) is 30.3 Å². The molecule has 0 spiro atoms. The molecule has 1 aliphatic heterocycles.